The van der Waals surface area contributed by atoms with Crippen molar-refractivity contribution in [1.82, 2.24) is 9.47 Å². The van der Waals surface area contributed by atoms with E-state index in [9.17, 15) is 9.59 Å². The molecule has 0 unspecified atom stereocenters. The van der Waals surface area contributed by atoms with Crippen molar-refractivity contribution in [1.29, 1.82) is 0 Å². The van der Waals surface area contributed by atoms with Crippen LogP contribution in [0.4, 0.5) is 0 Å². The molecule has 5 heteroatoms. The lowest BCUT2D eigenvalue weighted by atomic mass is 9.83. The van der Waals surface area contributed by atoms with Gasteiger partial charge in [-0.25, -0.2) is 0 Å². The Kier molecular flexibility index (Phi) is 4.26. The number of hydrogen-bond donors (Lipinski definition) is 0. The molecule has 2 aliphatic heterocycles. The fraction of sp³-hybridized carbons (Fsp3) is 0.333. The first-order valence-electron chi connectivity index (χ1n) is 8.81. The Bertz CT molecular complexity index is 924. The van der Waals surface area contributed by atoms with E-state index in [1.54, 1.807) is 30.3 Å². The first-order chi connectivity index (χ1) is 12.7. The number of terminal acetylenes is 1. The van der Waals surface area contributed by atoms with E-state index in [-0.39, 0.29) is 24.0 Å². The van der Waals surface area contributed by atoms with Crippen molar-refractivity contribution in [2.75, 3.05) is 19.7 Å². The fourth-order valence-electron chi connectivity index (χ4n) is 4.06. The predicted molar refractivity (Wildman–Crippen MR) is 98.2 cm³/mol. The summed E-state index contributed by atoms with van der Waals surface area (Å²) in [6.07, 6.45) is 6.22. The van der Waals surface area contributed by atoms with Crippen LogP contribution in [-0.2, 0) is 6.54 Å². The number of ether oxygens (including phenoxy) is 1. The number of carbonyl (C=O) groups is 1. The Morgan fingerprint density at radius 2 is 1.96 bits per heavy atom. The van der Waals surface area contributed by atoms with Crippen molar-refractivity contribution >= 4 is 5.91 Å². The molecule has 0 spiro atoms. The van der Waals surface area contributed by atoms with Gasteiger partial charge in [0.25, 0.3) is 11.5 Å². The summed E-state index contributed by atoms with van der Waals surface area (Å²) in [6, 6.07) is 12.5. The van der Waals surface area contributed by atoms with Gasteiger partial charge >= 0.3 is 0 Å². The number of nitrogens with zero attached hydrogens (tertiary/aromatic N) is 2. The number of fused-ring (bicyclic) bond motifs is 4. The highest BCUT2D eigenvalue weighted by molar-refractivity contribution is 5.94. The molecular formula is C21H20N2O3. The highest BCUT2D eigenvalue weighted by atomic mass is 16.5. The average Bonchev–Trinajstić information content (AvgIpc) is 2.67. The van der Waals surface area contributed by atoms with E-state index >= 15 is 0 Å². The normalized spacial score (nSPS) is 20.8. The molecule has 1 amide bonds. The maximum absolute atomic E-state index is 12.9. The fourth-order valence-corrected chi connectivity index (χ4v) is 4.06. The van der Waals surface area contributed by atoms with Gasteiger partial charge in [-0.15, -0.1) is 6.42 Å². The lowest BCUT2D eigenvalue weighted by molar-refractivity contribution is 0.0594. The van der Waals surface area contributed by atoms with Crippen LogP contribution in [0, 0.1) is 18.3 Å². The molecular weight excluding hydrogens is 328 g/mol. The summed E-state index contributed by atoms with van der Waals surface area (Å²) >= 11 is 0. The minimum absolute atomic E-state index is 0.0231. The van der Waals surface area contributed by atoms with E-state index in [1.807, 2.05) is 21.6 Å². The minimum Gasteiger partial charge on any atom is -0.481 e. The van der Waals surface area contributed by atoms with Crippen LogP contribution in [0.25, 0.3) is 0 Å². The molecule has 1 aromatic heterocycles. The van der Waals surface area contributed by atoms with Gasteiger partial charge in [0.1, 0.15) is 12.4 Å². The second-order valence-corrected chi connectivity index (χ2v) is 6.93. The highest BCUT2D eigenvalue weighted by Gasteiger charge is 2.36. The third-order valence-corrected chi connectivity index (χ3v) is 5.19. The van der Waals surface area contributed by atoms with Gasteiger partial charge in [-0.2, -0.15) is 0 Å². The number of amides is 1. The van der Waals surface area contributed by atoms with Crippen LogP contribution in [0.2, 0.25) is 0 Å². The van der Waals surface area contributed by atoms with Gasteiger partial charge < -0.3 is 14.2 Å². The van der Waals surface area contributed by atoms with Gasteiger partial charge in [0, 0.05) is 42.9 Å². The molecule has 0 saturated carbocycles. The number of hydrogen-bond acceptors (Lipinski definition) is 3. The Morgan fingerprint density at radius 3 is 2.73 bits per heavy atom. The SMILES string of the molecule is C#CCOc1ccc(C(=O)N2C[C@@H]3C[C@H](C2)c2cccc(=O)n2C3)cc1. The van der Waals surface area contributed by atoms with Gasteiger partial charge in [-0.3, -0.25) is 9.59 Å². The maximum atomic E-state index is 12.9. The number of piperidine rings is 1. The monoisotopic (exact) mass is 348 g/mol. The molecule has 2 atom stereocenters. The Morgan fingerprint density at radius 1 is 1.15 bits per heavy atom. The lowest BCUT2D eigenvalue weighted by Gasteiger charge is -2.42. The number of benzene rings is 1. The van der Waals surface area contributed by atoms with E-state index < -0.39 is 0 Å². The van der Waals surface area contributed by atoms with Crippen molar-refractivity contribution in [2.45, 2.75) is 18.9 Å². The van der Waals surface area contributed by atoms with E-state index in [1.165, 1.54) is 0 Å². The zero-order chi connectivity index (χ0) is 18.1. The summed E-state index contributed by atoms with van der Waals surface area (Å²) in [5.74, 6) is 3.64. The Balaban J connectivity index is 1.52. The van der Waals surface area contributed by atoms with Crippen molar-refractivity contribution < 1.29 is 9.53 Å². The minimum atomic E-state index is 0.0231. The van der Waals surface area contributed by atoms with Crippen LogP contribution in [0.15, 0.2) is 47.3 Å². The quantitative estimate of drug-likeness (QED) is 0.799. The summed E-state index contributed by atoms with van der Waals surface area (Å²) in [5.41, 5.74) is 1.74. The Hall–Kier alpha value is -3.00. The summed E-state index contributed by atoms with van der Waals surface area (Å²) < 4.78 is 7.23. The van der Waals surface area contributed by atoms with Crippen LogP contribution in [0.1, 0.15) is 28.4 Å². The van der Waals surface area contributed by atoms with Crippen LogP contribution in [0.3, 0.4) is 0 Å². The van der Waals surface area contributed by atoms with Crippen molar-refractivity contribution in [3.63, 3.8) is 0 Å². The number of carbonyl (C=O) groups excluding carboxylic acids is 1. The van der Waals surface area contributed by atoms with Crippen LogP contribution in [0.5, 0.6) is 5.75 Å². The second-order valence-electron chi connectivity index (χ2n) is 6.93. The molecule has 0 radical (unpaired) electrons. The van der Waals surface area contributed by atoms with Crippen molar-refractivity contribution in [3.8, 4) is 18.1 Å². The van der Waals surface area contributed by atoms with Crippen molar-refractivity contribution in [2.24, 2.45) is 5.92 Å². The smallest absolute Gasteiger partial charge is 0.253 e. The maximum Gasteiger partial charge on any atom is 0.253 e. The molecule has 0 aliphatic carbocycles. The molecule has 2 aromatic rings. The van der Waals surface area contributed by atoms with E-state index in [2.05, 4.69) is 5.92 Å². The summed E-state index contributed by atoms with van der Waals surface area (Å²) in [4.78, 5) is 26.9. The van der Waals surface area contributed by atoms with Crippen molar-refractivity contribution in [3.05, 3.63) is 64.1 Å². The van der Waals surface area contributed by atoms with Gasteiger partial charge in [0.15, 0.2) is 0 Å². The topological polar surface area (TPSA) is 51.5 Å². The molecule has 26 heavy (non-hydrogen) atoms. The molecule has 5 nitrogen and oxygen atoms in total. The van der Waals surface area contributed by atoms with Gasteiger partial charge in [0.05, 0.1) is 0 Å². The number of likely N-dealkylation sites (tertiary alicyclic amines) is 1. The molecule has 2 bridgehead atoms. The van der Waals surface area contributed by atoms with E-state index in [0.29, 0.717) is 36.9 Å². The Labute approximate surface area is 152 Å². The third-order valence-electron chi connectivity index (χ3n) is 5.19. The summed E-state index contributed by atoms with van der Waals surface area (Å²) in [7, 11) is 0. The van der Waals surface area contributed by atoms with E-state index in [0.717, 1.165) is 12.1 Å². The first-order valence-corrected chi connectivity index (χ1v) is 8.81. The standard InChI is InChI=1S/C21H20N2O3/c1-2-10-26-18-8-6-16(7-9-18)21(25)22-12-15-11-17(14-22)19-4-3-5-20(24)23(19)13-15/h1,3-9,15,17H,10-14H2/t15-,17+/m0/s1. The number of pyridine rings is 1. The molecule has 3 heterocycles. The zero-order valence-corrected chi connectivity index (χ0v) is 14.4. The molecule has 0 N–H and O–H groups in total. The lowest BCUT2D eigenvalue weighted by Crippen LogP contribution is -2.49. The molecule has 4 rings (SSSR count). The summed E-state index contributed by atoms with van der Waals surface area (Å²) in [5, 5.41) is 0. The average molecular weight is 348 g/mol. The first kappa shape index (κ1) is 16.5. The third kappa shape index (κ3) is 2.99. The number of aromatic nitrogens is 1. The zero-order valence-electron chi connectivity index (χ0n) is 14.4. The van der Waals surface area contributed by atoms with Crippen LogP contribution >= 0.6 is 0 Å². The summed E-state index contributed by atoms with van der Waals surface area (Å²) in [6.45, 7) is 2.23. The number of rotatable bonds is 3. The van der Waals surface area contributed by atoms with E-state index in [4.69, 9.17) is 11.2 Å². The molecule has 2 aliphatic rings. The van der Waals surface area contributed by atoms with Gasteiger partial charge in [-0.05, 0) is 42.7 Å². The molecule has 1 saturated heterocycles. The van der Waals surface area contributed by atoms with Gasteiger partial charge in [-0.1, -0.05) is 12.0 Å². The van der Waals surface area contributed by atoms with Crippen LogP contribution < -0.4 is 10.3 Å². The molecule has 132 valence electrons. The second kappa shape index (κ2) is 6.72. The van der Waals surface area contributed by atoms with Gasteiger partial charge in [0.2, 0.25) is 0 Å². The molecule has 1 aromatic carbocycles. The largest absolute Gasteiger partial charge is 0.481 e. The highest BCUT2D eigenvalue weighted by Crippen LogP contribution is 2.35. The van der Waals surface area contributed by atoms with Crippen LogP contribution in [-0.4, -0.2) is 35.1 Å². The molecule has 1 fully saturated rings. The predicted octanol–water partition coefficient (Wildman–Crippen LogP) is 2.12.